The number of aromatic nitrogens is 1. The number of halogens is 2. The molecule has 0 spiro atoms. The van der Waals surface area contributed by atoms with Gasteiger partial charge >= 0.3 is 0 Å². The van der Waals surface area contributed by atoms with E-state index in [2.05, 4.69) is 10.3 Å². The summed E-state index contributed by atoms with van der Waals surface area (Å²) >= 11 is 0. The number of aliphatic hydroxyl groups excluding tert-OH is 2. The van der Waals surface area contributed by atoms with Gasteiger partial charge < -0.3 is 20.4 Å². The van der Waals surface area contributed by atoms with Crippen LogP contribution in [0.25, 0.3) is 0 Å². The Morgan fingerprint density at radius 3 is 2.29 bits per heavy atom. The summed E-state index contributed by atoms with van der Waals surface area (Å²) in [4.78, 5) is 5.11. The molecule has 0 aliphatic carbocycles. The van der Waals surface area contributed by atoms with Crippen LogP contribution in [0.2, 0.25) is 0 Å². The summed E-state index contributed by atoms with van der Waals surface area (Å²) in [6.45, 7) is -0.209. The number of nitrogens with zero attached hydrogens (tertiary/aromatic N) is 2. The highest BCUT2D eigenvalue weighted by Gasteiger charge is 2.16. The molecule has 7 heteroatoms. The average molecular weight is 247 g/mol. The molecule has 0 bridgehead atoms. The Morgan fingerprint density at radius 1 is 1.24 bits per heavy atom. The largest absolute Gasteiger partial charge is 0.395 e. The zero-order valence-corrected chi connectivity index (χ0v) is 9.45. The molecule has 0 saturated heterocycles. The van der Waals surface area contributed by atoms with Crippen molar-refractivity contribution in [3.05, 3.63) is 17.7 Å². The van der Waals surface area contributed by atoms with Crippen LogP contribution in [0.4, 0.5) is 20.4 Å². The van der Waals surface area contributed by atoms with Crippen LogP contribution in [0.5, 0.6) is 0 Å². The maximum Gasteiger partial charge on any atom is 0.168 e. The number of hydrogen-bond donors (Lipinski definition) is 3. The standard InChI is InChI=1S/C10H15F2N3O2/c1-13-9-7(11)6-8(12)10(14-9)15(2-4-16)3-5-17/h6,16-17H,2-5H2,1H3,(H,13,14). The van der Waals surface area contributed by atoms with Crippen LogP contribution in [-0.2, 0) is 0 Å². The smallest absolute Gasteiger partial charge is 0.168 e. The van der Waals surface area contributed by atoms with E-state index < -0.39 is 11.6 Å². The normalized spacial score (nSPS) is 10.4. The molecular weight excluding hydrogens is 232 g/mol. The van der Waals surface area contributed by atoms with Crippen LogP contribution in [0.3, 0.4) is 0 Å². The van der Waals surface area contributed by atoms with Crippen molar-refractivity contribution in [1.29, 1.82) is 0 Å². The van der Waals surface area contributed by atoms with Crippen molar-refractivity contribution in [2.45, 2.75) is 0 Å². The van der Waals surface area contributed by atoms with E-state index in [1.165, 1.54) is 11.9 Å². The van der Waals surface area contributed by atoms with E-state index in [4.69, 9.17) is 10.2 Å². The van der Waals surface area contributed by atoms with Crippen molar-refractivity contribution < 1.29 is 19.0 Å². The van der Waals surface area contributed by atoms with Gasteiger partial charge in [-0.2, -0.15) is 0 Å². The second-order valence-corrected chi connectivity index (χ2v) is 3.31. The van der Waals surface area contributed by atoms with Crippen LogP contribution in [0.15, 0.2) is 6.07 Å². The topological polar surface area (TPSA) is 68.6 Å². The predicted molar refractivity (Wildman–Crippen MR) is 60.1 cm³/mol. The van der Waals surface area contributed by atoms with E-state index in [0.29, 0.717) is 0 Å². The Hall–Kier alpha value is -1.47. The summed E-state index contributed by atoms with van der Waals surface area (Å²) in [5.74, 6) is -1.80. The molecule has 17 heavy (non-hydrogen) atoms. The molecule has 0 unspecified atom stereocenters. The van der Waals surface area contributed by atoms with Gasteiger partial charge in [0.2, 0.25) is 0 Å². The van der Waals surface area contributed by atoms with Crippen molar-refractivity contribution >= 4 is 11.6 Å². The van der Waals surface area contributed by atoms with Crippen molar-refractivity contribution in [3.8, 4) is 0 Å². The summed E-state index contributed by atoms with van der Waals surface area (Å²) in [6, 6.07) is 0.718. The molecule has 1 rings (SSSR count). The second kappa shape index (κ2) is 6.31. The Morgan fingerprint density at radius 2 is 1.82 bits per heavy atom. The third-order valence-electron chi connectivity index (χ3n) is 2.19. The average Bonchev–Trinajstić information content (AvgIpc) is 2.29. The molecule has 0 amide bonds. The number of pyridine rings is 1. The molecule has 96 valence electrons. The number of anilines is 2. The molecule has 0 aromatic carbocycles. The number of hydrogen-bond acceptors (Lipinski definition) is 5. The molecule has 0 atom stereocenters. The lowest BCUT2D eigenvalue weighted by atomic mass is 10.3. The van der Waals surface area contributed by atoms with E-state index >= 15 is 0 Å². The van der Waals surface area contributed by atoms with Crippen LogP contribution in [-0.4, -0.2) is 48.5 Å². The second-order valence-electron chi connectivity index (χ2n) is 3.31. The molecule has 0 saturated carbocycles. The van der Waals surface area contributed by atoms with Crippen molar-refractivity contribution in [2.75, 3.05) is 43.6 Å². The van der Waals surface area contributed by atoms with Gasteiger partial charge in [0.15, 0.2) is 23.3 Å². The molecule has 1 heterocycles. The molecule has 1 aromatic rings. The van der Waals surface area contributed by atoms with Gasteiger partial charge in [0, 0.05) is 26.2 Å². The zero-order valence-electron chi connectivity index (χ0n) is 9.45. The van der Waals surface area contributed by atoms with Gasteiger partial charge in [-0.1, -0.05) is 0 Å². The fourth-order valence-electron chi connectivity index (χ4n) is 1.42. The van der Waals surface area contributed by atoms with Gasteiger partial charge in [-0.15, -0.1) is 0 Å². The van der Waals surface area contributed by atoms with E-state index in [0.717, 1.165) is 6.07 Å². The molecule has 0 aliphatic heterocycles. The number of nitrogens with one attached hydrogen (secondary N) is 1. The van der Waals surface area contributed by atoms with Crippen molar-refractivity contribution in [1.82, 2.24) is 4.98 Å². The summed E-state index contributed by atoms with van der Waals surface area (Å²) in [5, 5.41) is 20.2. The highest BCUT2D eigenvalue weighted by atomic mass is 19.1. The SMILES string of the molecule is CNc1nc(N(CCO)CCO)c(F)cc1F. The summed E-state index contributed by atoms with van der Waals surface area (Å²) in [7, 11) is 1.47. The minimum absolute atomic E-state index is 0.0812. The number of aliphatic hydroxyl groups is 2. The molecule has 0 aliphatic rings. The number of rotatable bonds is 6. The Balaban J connectivity index is 3.08. The summed E-state index contributed by atoms with van der Waals surface area (Å²) < 4.78 is 26.7. The molecule has 5 nitrogen and oxygen atoms in total. The minimum Gasteiger partial charge on any atom is -0.395 e. The third-order valence-corrected chi connectivity index (χ3v) is 2.19. The van der Waals surface area contributed by atoms with Gasteiger partial charge in [0.05, 0.1) is 13.2 Å². The van der Waals surface area contributed by atoms with Gasteiger partial charge in [-0.25, -0.2) is 13.8 Å². The lowest BCUT2D eigenvalue weighted by Gasteiger charge is -2.22. The van der Waals surface area contributed by atoms with E-state index in [-0.39, 0.29) is 37.9 Å². The maximum absolute atomic E-state index is 13.5. The van der Waals surface area contributed by atoms with Crippen molar-refractivity contribution in [3.63, 3.8) is 0 Å². The Kier molecular flexibility index (Phi) is 5.05. The van der Waals surface area contributed by atoms with Gasteiger partial charge in [-0.05, 0) is 0 Å². The highest BCUT2D eigenvalue weighted by molar-refractivity contribution is 5.49. The lowest BCUT2D eigenvalue weighted by Crippen LogP contribution is -2.31. The van der Waals surface area contributed by atoms with E-state index in [1.54, 1.807) is 0 Å². The van der Waals surface area contributed by atoms with Crippen molar-refractivity contribution in [2.24, 2.45) is 0 Å². The van der Waals surface area contributed by atoms with Gasteiger partial charge in [-0.3, -0.25) is 0 Å². The third kappa shape index (κ3) is 3.24. The van der Waals surface area contributed by atoms with Crippen LogP contribution in [0.1, 0.15) is 0 Å². The quantitative estimate of drug-likeness (QED) is 0.669. The first-order valence-corrected chi connectivity index (χ1v) is 5.14. The first-order chi connectivity index (χ1) is 8.13. The summed E-state index contributed by atoms with van der Waals surface area (Å²) in [6.07, 6.45) is 0. The minimum atomic E-state index is -0.830. The summed E-state index contributed by atoms with van der Waals surface area (Å²) in [5.41, 5.74) is 0. The fraction of sp³-hybridized carbons (Fsp3) is 0.500. The maximum atomic E-state index is 13.5. The first kappa shape index (κ1) is 13.6. The van der Waals surface area contributed by atoms with Crippen LogP contribution >= 0.6 is 0 Å². The fourth-order valence-corrected chi connectivity index (χ4v) is 1.42. The first-order valence-electron chi connectivity index (χ1n) is 5.14. The van der Waals surface area contributed by atoms with E-state index in [1.807, 2.05) is 0 Å². The predicted octanol–water partition coefficient (Wildman–Crippen LogP) is 0.192. The molecular formula is C10H15F2N3O2. The lowest BCUT2D eigenvalue weighted by molar-refractivity contribution is 0.280. The van der Waals surface area contributed by atoms with E-state index in [9.17, 15) is 8.78 Å². The molecule has 0 fully saturated rings. The Labute approximate surface area is 97.7 Å². The molecule has 1 aromatic heterocycles. The monoisotopic (exact) mass is 247 g/mol. The Bertz CT molecular complexity index is 371. The zero-order chi connectivity index (χ0) is 12.8. The van der Waals surface area contributed by atoms with Gasteiger partial charge in [0.25, 0.3) is 0 Å². The highest BCUT2D eigenvalue weighted by Crippen LogP contribution is 2.21. The molecule has 0 radical (unpaired) electrons. The van der Waals surface area contributed by atoms with Crippen LogP contribution < -0.4 is 10.2 Å². The molecule has 3 N–H and O–H groups in total. The van der Waals surface area contributed by atoms with Crippen LogP contribution in [0, 0.1) is 11.6 Å². The van der Waals surface area contributed by atoms with Gasteiger partial charge in [0.1, 0.15) is 0 Å².